The Hall–Kier alpha value is -3.53. The van der Waals surface area contributed by atoms with Crippen LogP contribution in [0.25, 0.3) is 10.9 Å². The predicted octanol–water partition coefficient (Wildman–Crippen LogP) is 3.02. The highest BCUT2D eigenvalue weighted by molar-refractivity contribution is 6.09. The average Bonchev–Trinajstić information content (AvgIpc) is 3.38. The lowest BCUT2D eigenvalue weighted by molar-refractivity contribution is 0.102. The first kappa shape index (κ1) is 21.3. The van der Waals surface area contributed by atoms with E-state index >= 15 is 0 Å². The topological polar surface area (TPSA) is 96.5 Å². The van der Waals surface area contributed by atoms with Crippen molar-refractivity contribution >= 4 is 28.3 Å². The zero-order valence-electron chi connectivity index (χ0n) is 18.1. The van der Waals surface area contributed by atoms with Gasteiger partial charge in [-0.3, -0.25) is 9.59 Å². The van der Waals surface area contributed by atoms with Gasteiger partial charge in [-0.1, -0.05) is 0 Å². The van der Waals surface area contributed by atoms with Gasteiger partial charge in [0.05, 0.1) is 50.2 Å². The van der Waals surface area contributed by atoms with Crippen molar-refractivity contribution in [1.29, 1.82) is 0 Å². The third-order valence-corrected chi connectivity index (χ3v) is 5.99. The number of aromatic amines is 1. The number of methoxy groups -OCH3 is 1. The molecule has 2 aromatic heterocycles. The van der Waals surface area contributed by atoms with Gasteiger partial charge >= 0.3 is 0 Å². The minimum atomic E-state index is -1.64. The van der Waals surface area contributed by atoms with Crippen LogP contribution >= 0.6 is 0 Å². The van der Waals surface area contributed by atoms with Crippen molar-refractivity contribution in [3.8, 4) is 5.75 Å². The summed E-state index contributed by atoms with van der Waals surface area (Å²) in [6.07, 6.45) is -3.27. The molecule has 0 saturated carbocycles. The first-order valence-corrected chi connectivity index (χ1v) is 10.5. The van der Waals surface area contributed by atoms with Gasteiger partial charge in [0.2, 0.25) is 5.56 Å². The maximum Gasteiger partial charge on any atom is 0.259 e. The fraction of sp³-hybridized carbons (Fsp3) is 0.348. The van der Waals surface area contributed by atoms with Gasteiger partial charge in [-0.25, -0.2) is 13.8 Å². The molecule has 3 aromatic rings. The second kappa shape index (κ2) is 8.11. The molecule has 2 N–H and O–H groups in total. The van der Waals surface area contributed by atoms with E-state index in [1.165, 1.54) is 18.1 Å². The molecule has 4 heterocycles. The molecule has 0 spiro atoms. The number of rotatable bonds is 4. The molecule has 2 aliphatic rings. The Morgan fingerprint density at radius 3 is 2.70 bits per heavy atom. The summed E-state index contributed by atoms with van der Waals surface area (Å²) in [5, 5.41) is 3.55. The predicted molar refractivity (Wildman–Crippen MR) is 119 cm³/mol. The third-order valence-electron chi connectivity index (χ3n) is 5.99. The van der Waals surface area contributed by atoms with Crippen molar-refractivity contribution in [1.82, 2.24) is 9.97 Å². The Morgan fingerprint density at radius 1 is 1.21 bits per heavy atom. The van der Waals surface area contributed by atoms with Gasteiger partial charge in [0, 0.05) is 28.8 Å². The number of nitrogens with zero attached hydrogens (tertiary/aromatic N) is 2. The highest BCUT2D eigenvalue weighted by Crippen LogP contribution is 2.33. The molecule has 1 amide bonds. The van der Waals surface area contributed by atoms with Gasteiger partial charge in [0.25, 0.3) is 5.91 Å². The highest BCUT2D eigenvalue weighted by atomic mass is 19.2. The van der Waals surface area contributed by atoms with E-state index in [9.17, 15) is 18.4 Å². The number of anilines is 2. The number of pyridine rings is 2. The minimum Gasteiger partial charge on any atom is -0.494 e. The van der Waals surface area contributed by atoms with E-state index in [4.69, 9.17) is 9.47 Å². The summed E-state index contributed by atoms with van der Waals surface area (Å²) in [6.45, 7) is 2.04. The van der Waals surface area contributed by atoms with E-state index in [-0.39, 0.29) is 36.6 Å². The van der Waals surface area contributed by atoms with Crippen LogP contribution in [0.4, 0.5) is 20.3 Å². The molecule has 0 unspecified atom stereocenters. The number of benzene rings is 1. The molecule has 10 heteroatoms. The lowest BCUT2D eigenvalue weighted by Gasteiger charge is -2.21. The molecule has 2 aliphatic heterocycles. The Kier molecular flexibility index (Phi) is 5.24. The quantitative estimate of drug-likeness (QED) is 0.627. The number of H-pyrrole nitrogens is 1. The molecular formula is C23H22F2N4O4. The maximum absolute atomic E-state index is 13.9. The van der Waals surface area contributed by atoms with Gasteiger partial charge < -0.3 is 24.7 Å². The number of carbonyl (C=O) groups is 1. The van der Waals surface area contributed by atoms with Crippen LogP contribution in [0, 0.1) is 6.92 Å². The molecule has 172 valence electrons. The first-order chi connectivity index (χ1) is 15.8. The summed E-state index contributed by atoms with van der Waals surface area (Å²) in [5.74, 6) is 0.144. The molecule has 1 aromatic carbocycles. The summed E-state index contributed by atoms with van der Waals surface area (Å²) >= 11 is 0. The maximum atomic E-state index is 13.9. The van der Waals surface area contributed by atoms with Crippen LogP contribution in [-0.4, -0.2) is 48.4 Å². The van der Waals surface area contributed by atoms with E-state index < -0.39 is 18.3 Å². The van der Waals surface area contributed by atoms with Gasteiger partial charge in [-0.15, -0.1) is 0 Å². The van der Waals surface area contributed by atoms with E-state index in [1.54, 1.807) is 25.1 Å². The SMILES string of the molecule is COc1cc(NC(=O)c2cc3c(nc2N2C[C@H](F)[C@@H](F)C2)COC3)cc2c(C)cc(=O)[nH]c12. The fourth-order valence-corrected chi connectivity index (χ4v) is 4.32. The molecule has 33 heavy (non-hydrogen) atoms. The lowest BCUT2D eigenvalue weighted by atomic mass is 10.1. The molecule has 0 bridgehead atoms. The van der Waals surface area contributed by atoms with Crippen LogP contribution < -0.4 is 20.5 Å². The number of aryl methyl sites for hydroxylation is 1. The van der Waals surface area contributed by atoms with Gasteiger partial charge in [0.1, 0.15) is 11.6 Å². The molecule has 2 atom stereocenters. The van der Waals surface area contributed by atoms with Gasteiger partial charge in [-0.05, 0) is 24.6 Å². The van der Waals surface area contributed by atoms with Crippen molar-refractivity contribution < 1.29 is 23.0 Å². The van der Waals surface area contributed by atoms with Crippen molar-refractivity contribution in [3.63, 3.8) is 0 Å². The summed E-state index contributed by atoms with van der Waals surface area (Å²) < 4.78 is 38.6. The number of aromatic nitrogens is 2. The number of nitrogens with one attached hydrogen (secondary N) is 2. The molecule has 1 fully saturated rings. The Labute approximate surface area is 187 Å². The number of alkyl halides is 2. The van der Waals surface area contributed by atoms with Gasteiger partial charge in [-0.2, -0.15) is 0 Å². The van der Waals surface area contributed by atoms with Crippen LogP contribution in [0.3, 0.4) is 0 Å². The molecular weight excluding hydrogens is 434 g/mol. The van der Waals surface area contributed by atoms with Crippen molar-refractivity contribution in [2.45, 2.75) is 32.5 Å². The van der Waals surface area contributed by atoms with Crippen LogP contribution in [0.5, 0.6) is 5.75 Å². The van der Waals surface area contributed by atoms with Crippen molar-refractivity contribution in [2.75, 3.05) is 30.4 Å². The van der Waals surface area contributed by atoms with E-state index in [0.717, 1.165) is 11.1 Å². The van der Waals surface area contributed by atoms with Crippen LogP contribution in [-0.2, 0) is 18.0 Å². The van der Waals surface area contributed by atoms with Crippen LogP contribution in [0.1, 0.15) is 27.2 Å². The zero-order chi connectivity index (χ0) is 23.3. The van der Waals surface area contributed by atoms with E-state index in [1.807, 2.05) is 0 Å². The summed E-state index contributed by atoms with van der Waals surface area (Å²) in [6, 6.07) is 6.46. The van der Waals surface area contributed by atoms with E-state index in [0.29, 0.717) is 34.6 Å². The largest absolute Gasteiger partial charge is 0.494 e. The number of amides is 1. The first-order valence-electron chi connectivity index (χ1n) is 10.5. The Balaban J connectivity index is 1.54. The highest BCUT2D eigenvalue weighted by Gasteiger charge is 2.36. The van der Waals surface area contributed by atoms with E-state index in [2.05, 4.69) is 15.3 Å². The monoisotopic (exact) mass is 456 g/mol. The average molecular weight is 456 g/mol. The number of fused-ring (bicyclic) bond motifs is 2. The molecule has 1 saturated heterocycles. The molecule has 0 aliphatic carbocycles. The summed E-state index contributed by atoms with van der Waals surface area (Å²) in [7, 11) is 1.47. The van der Waals surface area contributed by atoms with Crippen LogP contribution in [0.15, 0.2) is 29.1 Å². The van der Waals surface area contributed by atoms with Gasteiger partial charge in [0.15, 0.2) is 12.3 Å². The standard InChI is InChI=1S/C23H22F2N4O4/c1-11-3-20(30)28-21-14(11)5-13(6-19(21)32-2)26-23(31)15-4-12-9-33-10-18(12)27-22(15)29-7-16(24)17(25)8-29/h3-6,16-17H,7-10H2,1-2H3,(H,26,31)(H,28,30)/t16-,17-/m0/s1. The number of hydrogen-bond acceptors (Lipinski definition) is 6. The van der Waals surface area contributed by atoms with Crippen LogP contribution in [0.2, 0.25) is 0 Å². The second-order valence-electron chi connectivity index (χ2n) is 8.27. The Bertz CT molecular complexity index is 1320. The zero-order valence-corrected chi connectivity index (χ0v) is 18.1. The molecule has 0 radical (unpaired) electrons. The molecule has 5 rings (SSSR count). The number of ether oxygens (including phenoxy) is 2. The number of carbonyl (C=O) groups excluding carboxylic acids is 1. The minimum absolute atomic E-state index is 0.176. The number of halogens is 2. The van der Waals surface area contributed by atoms with Crippen molar-refractivity contribution in [2.24, 2.45) is 0 Å². The number of hydrogen-bond donors (Lipinski definition) is 2. The Morgan fingerprint density at radius 2 is 1.97 bits per heavy atom. The molecule has 8 nitrogen and oxygen atoms in total. The smallest absolute Gasteiger partial charge is 0.259 e. The fourth-order valence-electron chi connectivity index (χ4n) is 4.32. The summed E-state index contributed by atoms with van der Waals surface area (Å²) in [4.78, 5) is 33.9. The van der Waals surface area contributed by atoms with Crippen molar-refractivity contribution in [3.05, 3.63) is 57.0 Å². The summed E-state index contributed by atoms with van der Waals surface area (Å²) in [5.41, 5.74) is 3.06. The lowest BCUT2D eigenvalue weighted by Crippen LogP contribution is -2.26. The normalized spacial score (nSPS) is 19.7. The second-order valence-corrected chi connectivity index (χ2v) is 8.27. The third kappa shape index (κ3) is 3.80.